The summed E-state index contributed by atoms with van der Waals surface area (Å²) < 4.78 is 42.2. The first-order chi connectivity index (χ1) is 14.2. The highest BCUT2D eigenvalue weighted by molar-refractivity contribution is 6.28. The van der Waals surface area contributed by atoms with Crippen molar-refractivity contribution in [3.05, 3.63) is 66.4 Å². The molecule has 0 saturated heterocycles. The number of hydrogen-bond donors (Lipinski definition) is 0. The molecule has 0 atom stereocenters. The van der Waals surface area contributed by atoms with Crippen LogP contribution in [0.3, 0.4) is 0 Å². The Balaban J connectivity index is 1.72. The normalized spacial score (nSPS) is 14.6. The lowest BCUT2D eigenvalue weighted by Gasteiger charge is -2.14. The van der Waals surface area contributed by atoms with E-state index in [1.54, 1.807) is 40.7 Å². The molecule has 4 aromatic rings. The van der Waals surface area contributed by atoms with E-state index >= 15 is 0 Å². The minimum absolute atomic E-state index is 0.415. The Kier molecular flexibility index (Phi) is 3.67. The van der Waals surface area contributed by atoms with Crippen molar-refractivity contribution in [2.45, 2.75) is 6.18 Å². The van der Waals surface area contributed by atoms with Crippen molar-refractivity contribution in [1.82, 2.24) is 14.3 Å². The maximum absolute atomic E-state index is 12.9. The number of imide groups is 1. The van der Waals surface area contributed by atoms with E-state index < -0.39 is 23.6 Å². The molecule has 0 unspecified atom stereocenters. The second kappa shape index (κ2) is 6.06. The summed E-state index contributed by atoms with van der Waals surface area (Å²) in [6.45, 7) is 0. The molecule has 6 nitrogen and oxygen atoms in total. The van der Waals surface area contributed by atoms with E-state index in [0.29, 0.717) is 22.5 Å². The van der Waals surface area contributed by atoms with Gasteiger partial charge in [0.2, 0.25) is 0 Å². The molecule has 2 amide bonds. The second-order valence-corrected chi connectivity index (χ2v) is 6.97. The van der Waals surface area contributed by atoms with Gasteiger partial charge in [0.1, 0.15) is 0 Å². The Bertz CT molecular complexity index is 1360. The van der Waals surface area contributed by atoms with Crippen LogP contribution in [0.1, 0.15) is 5.56 Å². The Morgan fingerprint density at radius 3 is 2.13 bits per heavy atom. The zero-order valence-corrected chi connectivity index (χ0v) is 15.5. The Morgan fingerprint density at radius 1 is 0.867 bits per heavy atom. The van der Waals surface area contributed by atoms with E-state index in [2.05, 4.69) is 5.10 Å². The van der Waals surface area contributed by atoms with Crippen LogP contribution in [0.4, 0.5) is 18.9 Å². The van der Waals surface area contributed by atoms with Gasteiger partial charge in [0, 0.05) is 41.9 Å². The van der Waals surface area contributed by atoms with Gasteiger partial charge in [-0.15, -0.1) is 0 Å². The summed E-state index contributed by atoms with van der Waals surface area (Å²) in [6.07, 6.45) is -0.220. The van der Waals surface area contributed by atoms with E-state index in [1.807, 2.05) is 0 Å². The fourth-order valence-electron chi connectivity index (χ4n) is 3.74. The van der Waals surface area contributed by atoms with Crippen LogP contribution >= 0.6 is 0 Å². The van der Waals surface area contributed by atoms with Gasteiger partial charge < -0.3 is 0 Å². The van der Waals surface area contributed by atoms with Crippen LogP contribution < -0.4 is 4.90 Å². The van der Waals surface area contributed by atoms with Crippen molar-refractivity contribution >= 4 is 39.4 Å². The molecule has 0 saturated carbocycles. The largest absolute Gasteiger partial charge is 0.416 e. The molecule has 2 aromatic heterocycles. The van der Waals surface area contributed by atoms with Gasteiger partial charge >= 0.3 is 6.18 Å². The molecule has 1 aliphatic heterocycles. The fraction of sp³-hybridized carbons (Fsp3) is 0.0952. The number of fused-ring (bicyclic) bond motifs is 3. The zero-order chi connectivity index (χ0) is 21.2. The number of rotatable bonds is 2. The quantitative estimate of drug-likeness (QED) is 0.470. The molecule has 30 heavy (non-hydrogen) atoms. The molecule has 1 aliphatic rings. The fourth-order valence-corrected chi connectivity index (χ4v) is 3.74. The summed E-state index contributed by atoms with van der Waals surface area (Å²) in [5.41, 5.74) is 1.45. The smallest absolute Gasteiger partial charge is 0.292 e. The highest BCUT2D eigenvalue weighted by Crippen LogP contribution is 2.35. The minimum atomic E-state index is -4.42. The highest BCUT2D eigenvalue weighted by atomic mass is 19.4. The lowest BCUT2D eigenvalue weighted by atomic mass is 10.1. The van der Waals surface area contributed by atoms with Crippen LogP contribution in [0.5, 0.6) is 0 Å². The molecule has 2 aromatic carbocycles. The third-order valence-electron chi connectivity index (χ3n) is 5.05. The van der Waals surface area contributed by atoms with E-state index in [1.165, 1.54) is 24.3 Å². The molecular formula is C21H13F3N4O2. The highest BCUT2D eigenvalue weighted by Gasteiger charge is 2.30. The van der Waals surface area contributed by atoms with Crippen molar-refractivity contribution in [2.24, 2.45) is 7.05 Å². The van der Waals surface area contributed by atoms with Crippen LogP contribution in [-0.4, -0.2) is 26.2 Å². The van der Waals surface area contributed by atoms with Crippen LogP contribution in [0, 0.1) is 0 Å². The standard InChI is InChI=1S/C21H13F3N4O2/c1-26-11-16-15-10-14(28-18(29)8-9-19(28)30)6-7-17(15)27(20(16)25-26)13-4-2-12(3-5-13)21(22,23)24/h2-11H,1H3. The number of hydrogen-bond acceptors (Lipinski definition) is 3. The van der Waals surface area contributed by atoms with Crippen molar-refractivity contribution < 1.29 is 22.8 Å². The van der Waals surface area contributed by atoms with E-state index in [-0.39, 0.29) is 0 Å². The van der Waals surface area contributed by atoms with Gasteiger partial charge in [-0.3, -0.25) is 18.8 Å². The summed E-state index contributed by atoms with van der Waals surface area (Å²) in [7, 11) is 1.74. The van der Waals surface area contributed by atoms with Gasteiger partial charge in [-0.2, -0.15) is 18.3 Å². The topological polar surface area (TPSA) is 60.1 Å². The monoisotopic (exact) mass is 410 g/mol. The molecule has 150 valence electrons. The summed E-state index contributed by atoms with van der Waals surface area (Å²) >= 11 is 0. The van der Waals surface area contributed by atoms with Crippen LogP contribution in [0.25, 0.3) is 27.6 Å². The first-order valence-corrected chi connectivity index (χ1v) is 8.95. The van der Waals surface area contributed by atoms with Crippen molar-refractivity contribution in [3.63, 3.8) is 0 Å². The Morgan fingerprint density at radius 2 is 1.50 bits per heavy atom. The van der Waals surface area contributed by atoms with E-state index in [4.69, 9.17) is 0 Å². The van der Waals surface area contributed by atoms with Crippen LogP contribution in [-0.2, 0) is 22.8 Å². The van der Waals surface area contributed by atoms with Gasteiger partial charge in [0.25, 0.3) is 11.8 Å². The molecule has 3 heterocycles. The average molecular weight is 410 g/mol. The number of carbonyl (C=O) groups is 2. The third-order valence-corrected chi connectivity index (χ3v) is 5.05. The van der Waals surface area contributed by atoms with Gasteiger partial charge in [0.05, 0.1) is 16.8 Å². The first kappa shape index (κ1) is 18.2. The third kappa shape index (κ3) is 2.62. The van der Waals surface area contributed by atoms with Gasteiger partial charge in [-0.25, -0.2) is 4.90 Å². The lowest BCUT2D eigenvalue weighted by molar-refractivity contribution is -0.137. The number of anilines is 1. The number of alkyl halides is 3. The summed E-state index contributed by atoms with van der Waals surface area (Å²) in [6, 6.07) is 9.90. The minimum Gasteiger partial charge on any atom is -0.292 e. The van der Waals surface area contributed by atoms with Crippen molar-refractivity contribution in [1.29, 1.82) is 0 Å². The van der Waals surface area contributed by atoms with Gasteiger partial charge in [-0.05, 0) is 42.5 Å². The lowest BCUT2D eigenvalue weighted by Crippen LogP contribution is -2.29. The summed E-state index contributed by atoms with van der Waals surface area (Å²) in [5.74, 6) is -0.854. The van der Waals surface area contributed by atoms with Gasteiger partial charge in [-0.1, -0.05) is 0 Å². The predicted octanol–water partition coefficient (Wildman–Crippen LogP) is 3.97. The first-order valence-electron chi connectivity index (χ1n) is 8.95. The molecule has 5 rings (SSSR count). The van der Waals surface area contributed by atoms with Crippen molar-refractivity contribution in [2.75, 3.05) is 4.90 Å². The zero-order valence-electron chi connectivity index (χ0n) is 15.5. The maximum atomic E-state index is 12.9. The number of aromatic nitrogens is 3. The number of carbonyl (C=O) groups excluding carboxylic acids is 2. The number of amides is 2. The summed E-state index contributed by atoms with van der Waals surface area (Å²) in [4.78, 5) is 25.1. The SMILES string of the molecule is Cn1cc2c3cc(N4C(=O)C=CC4=O)ccc3n(-c3ccc(C(F)(F)F)cc3)c2n1. The second-order valence-electron chi connectivity index (χ2n) is 6.97. The molecule has 0 bridgehead atoms. The Labute approximate surface area is 167 Å². The number of nitrogens with zero attached hydrogens (tertiary/aromatic N) is 4. The van der Waals surface area contributed by atoms with E-state index in [0.717, 1.165) is 27.8 Å². The van der Waals surface area contributed by atoms with Crippen LogP contribution in [0.15, 0.2) is 60.8 Å². The number of halogens is 3. The molecule has 0 radical (unpaired) electrons. The van der Waals surface area contributed by atoms with Crippen molar-refractivity contribution in [3.8, 4) is 5.69 Å². The average Bonchev–Trinajstić information content (AvgIpc) is 3.32. The van der Waals surface area contributed by atoms with Crippen LogP contribution in [0.2, 0.25) is 0 Å². The maximum Gasteiger partial charge on any atom is 0.416 e. The molecule has 0 aliphatic carbocycles. The van der Waals surface area contributed by atoms with Gasteiger partial charge in [0.15, 0.2) is 5.65 Å². The molecule has 0 N–H and O–H groups in total. The number of aryl methyl sites for hydroxylation is 1. The Hall–Kier alpha value is -3.88. The molecule has 0 spiro atoms. The molecule has 0 fully saturated rings. The molecular weight excluding hydrogens is 397 g/mol. The van der Waals surface area contributed by atoms with E-state index in [9.17, 15) is 22.8 Å². The predicted molar refractivity (Wildman–Crippen MR) is 104 cm³/mol. The number of benzene rings is 2. The molecule has 9 heteroatoms. The summed E-state index contributed by atoms with van der Waals surface area (Å²) in [5, 5.41) is 5.93.